The fourth-order valence-corrected chi connectivity index (χ4v) is 2.78. The summed E-state index contributed by atoms with van der Waals surface area (Å²) < 4.78 is 0. The van der Waals surface area contributed by atoms with E-state index in [1.165, 1.54) is 17.8 Å². The smallest absolute Gasteiger partial charge is 0.337 e. The highest BCUT2D eigenvalue weighted by Gasteiger charge is 2.12. The second kappa shape index (κ2) is 5.74. The van der Waals surface area contributed by atoms with E-state index in [0.717, 1.165) is 4.90 Å². The summed E-state index contributed by atoms with van der Waals surface area (Å²) in [7, 11) is 0. The molecule has 0 unspecified atom stereocenters. The minimum absolute atomic E-state index is 0.0880. The molecule has 6 heteroatoms. The van der Waals surface area contributed by atoms with Crippen LogP contribution in [0.5, 0.6) is 0 Å². The maximum absolute atomic E-state index is 11.0. The number of nitrogens with two attached hydrogens (primary N) is 1. The van der Waals surface area contributed by atoms with Crippen molar-refractivity contribution in [3.63, 3.8) is 0 Å². The Labute approximate surface area is 124 Å². The molecule has 2 rings (SSSR count). The fraction of sp³-hybridized carbons (Fsp3) is 0. The summed E-state index contributed by atoms with van der Waals surface area (Å²) in [5.74, 6) is -1.05. The molecule has 98 valence electrons. The van der Waals surface area contributed by atoms with Crippen LogP contribution >= 0.6 is 35.0 Å². The summed E-state index contributed by atoms with van der Waals surface area (Å²) in [6.45, 7) is 0. The van der Waals surface area contributed by atoms with Crippen molar-refractivity contribution >= 4 is 46.6 Å². The minimum Gasteiger partial charge on any atom is -0.478 e. The number of anilines is 1. The van der Waals surface area contributed by atoms with Gasteiger partial charge in [0, 0.05) is 9.79 Å². The number of halogens is 2. The van der Waals surface area contributed by atoms with E-state index in [9.17, 15) is 4.79 Å². The van der Waals surface area contributed by atoms with Gasteiger partial charge < -0.3 is 10.8 Å². The van der Waals surface area contributed by atoms with Crippen LogP contribution < -0.4 is 5.73 Å². The molecule has 0 aromatic heterocycles. The van der Waals surface area contributed by atoms with Crippen molar-refractivity contribution in [1.82, 2.24) is 0 Å². The number of carboxylic acids is 1. The van der Waals surface area contributed by atoms with Crippen molar-refractivity contribution in [2.45, 2.75) is 9.79 Å². The molecule has 0 heterocycles. The van der Waals surface area contributed by atoms with Gasteiger partial charge in [0.2, 0.25) is 0 Å². The number of carboxylic acid groups (broad SMARTS) is 1. The molecule has 2 aromatic rings. The standard InChI is InChI=1S/C13H9Cl2NO2S/c14-9-5-4-7(6-10(9)15)19-11-3-1-2-8(12(11)16)13(17)18/h1-6H,16H2,(H,17,18). The fourth-order valence-electron chi connectivity index (χ4n) is 1.49. The third-order valence-electron chi connectivity index (χ3n) is 2.42. The van der Waals surface area contributed by atoms with E-state index in [2.05, 4.69) is 0 Å². The molecule has 2 aromatic carbocycles. The molecule has 0 spiro atoms. The minimum atomic E-state index is -1.05. The predicted molar refractivity (Wildman–Crippen MR) is 78.4 cm³/mol. The zero-order chi connectivity index (χ0) is 14.0. The molecule has 0 saturated carbocycles. The maximum atomic E-state index is 11.0. The Morgan fingerprint density at radius 2 is 1.89 bits per heavy atom. The van der Waals surface area contributed by atoms with Crippen molar-refractivity contribution in [1.29, 1.82) is 0 Å². The molecule has 19 heavy (non-hydrogen) atoms. The van der Waals surface area contributed by atoms with Gasteiger partial charge in [-0.25, -0.2) is 4.79 Å². The monoisotopic (exact) mass is 313 g/mol. The second-order valence-electron chi connectivity index (χ2n) is 3.70. The summed E-state index contributed by atoms with van der Waals surface area (Å²) in [5, 5.41) is 9.92. The first kappa shape index (κ1) is 14.1. The van der Waals surface area contributed by atoms with E-state index in [1.54, 1.807) is 30.3 Å². The Balaban J connectivity index is 2.35. The first-order chi connectivity index (χ1) is 8.99. The van der Waals surface area contributed by atoms with Gasteiger partial charge in [0.1, 0.15) is 0 Å². The van der Waals surface area contributed by atoms with Gasteiger partial charge in [0.15, 0.2) is 0 Å². The van der Waals surface area contributed by atoms with Gasteiger partial charge in [-0.15, -0.1) is 0 Å². The van der Waals surface area contributed by atoms with E-state index >= 15 is 0 Å². The average Bonchev–Trinajstić information content (AvgIpc) is 2.36. The van der Waals surface area contributed by atoms with E-state index in [0.29, 0.717) is 14.9 Å². The largest absolute Gasteiger partial charge is 0.478 e. The number of nitrogen functional groups attached to an aromatic ring is 1. The van der Waals surface area contributed by atoms with Crippen LogP contribution in [0.4, 0.5) is 5.69 Å². The SMILES string of the molecule is Nc1c(Sc2ccc(Cl)c(Cl)c2)cccc1C(=O)O. The van der Waals surface area contributed by atoms with E-state index in [-0.39, 0.29) is 11.3 Å². The number of benzene rings is 2. The molecule has 0 aliphatic rings. The van der Waals surface area contributed by atoms with Crippen LogP contribution in [0.3, 0.4) is 0 Å². The summed E-state index contributed by atoms with van der Waals surface area (Å²) in [6, 6.07) is 10.1. The van der Waals surface area contributed by atoms with Crippen LogP contribution in [0.15, 0.2) is 46.2 Å². The molecular formula is C13H9Cl2NO2S. The van der Waals surface area contributed by atoms with Crippen LogP contribution in [-0.2, 0) is 0 Å². The van der Waals surface area contributed by atoms with Gasteiger partial charge in [-0.3, -0.25) is 0 Å². The molecule has 0 fully saturated rings. The summed E-state index contributed by atoms with van der Waals surface area (Å²) in [5.41, 5.74) is 6.17. The zero-order valence-electron chi connectivity index (χ0n) is 9.56. The van der Waals surface area contributed by atoms with Gasteiger partial charge in [-0.2, -0.15) is 0 Å². The summed E-state index contributed by atoms with van der Waals surface area (Å²) in [4.78, 5) is 12.5. The van der Waals surface area contributed by atoms with Crippen LogP contribution in [0.25, 0.3) is 0 Å². The third kappa shape index (κ3) is 3.15. The van der Waals surface area contributed by atoms with Crippen molar-refractivity contribution in [2.24, 2.45) is 0 Å². The molecule has 3 nitrogen and oxygen atoms in total. The molecule has 0 radical (unpaired) electrons. The molecule has 0 saturated heterocycles. The van der Waals surface area contributed by atoms with Gasteiger partial charge >= 0.3 is 5.97 Å². The number of para-hydroxylation sites is 1. The average molecular weight is 314 g/mol. The Bertz CT molecular complexity index is 647. The molecule has 0 atom stereocenters. The molecule has 0 aliphatic carbocycles. The summed E-state index contributed by atoms with van der Waals surface area (Å²) >= 11 is 13.1. The number of aromatic carboxylic acids is 1. The molecule has 3 N–H and O–H groups in total. The summed E-state index contributed by atoms with van der Waals surface area (Å²) in [6.07, 6.45) is 0. The lowest BCUT2D eigenvalue weighted by atomic mass is 10.2. The molecule has 0 bridgehead atoms. The maximum Gasteiger partial charge on any atom is 0.337 e. The van der Waals surface area contributed by atoms with Crippen LogP contribution in [0, 0.1) is 0 Å². The lowest BCUT2D eigenvalue weighted by Gasteiger charge is -2.08. The number of rotatable bonds is 3. The number of hydrogen-bond donors (Lipinski definition) is 2. The quantitative estimate of drug-likeness (QED) is 0.823. The second-order valence-corrected chi connectivity index (χ2v) is 5.63. The van der Waals surface area contributed by atoms with E-state index in [4.69, 9.17) is 34.0 Å². The van der Waals surface area contributed by atoms with Crippen LogP contribution in [-0.4, -0.2) is 11.1 Å². The van der Waals surface area contributed by atoms with Crippen molar-refractivity contribution in [2.75, 3.05) is 5.73 Å². The highest BCUT2D eigenvalue weighted by atomic mass is 35.5. The van der Waals surface area contributed by atoms with Gasteiger partial charge in [0.05, 0.1) is 21.3 Å². The first-order valence-corrected chi connectivity index (χ1v) is 6.81. The van der Waals surface area contributed by atoms with E-state index in [1.807, 2.05) is 0 Å². The lowest BCUT2D eigenvalue weighted by Crippen LogP contribution is -2.03. The van der Waals surface area contributed by atoms with Gasteiger partial charge in [-0.05, 0) is 30.3 Å². The molecule has 0 amide bonds. The van der Waals surface area contributed by atoms with Gasteiger partial charge in [0.25, 0.3) is 0 Å². The van der Waals surface area contributed by atoms with E-state index < -0.39 is 5.97 Å². The third-order valence-corrected chi connectivity index (χ3v) is 4.22. The topological polar surface area (TPSA) is 63.3 Å². The zero-order valence-corrected chi connectivity index (χ0v) is 11.9. The van der Waals surface area contributed by atoms with Gasteiger partial charge in [-0.1, -0.05) is 41.0 Å². The van der Waals surface area contributed by atoms with Crippen molar-refractivity contribution in [3.8, 4) is 0 Å². The number of hydrogen-bond acceptors (Lipinski definition) is 3. The van der Waals surface area contributed by atoms with Crippen molar-refractivity contribution < 1.29 is 9.90 Å². The van der Waals surface area contributed by atoms with Crippen LogP contribution in [0.1, 0.15) is 10.4 Å². The van der Waals surface area contributed by atoms with Crippen molar-refractivity contribution in [3.05, 3.63) is 52.0 Å². The lowest BCUT2D eigenvalue weighted by molar-refractivity contribution is 0.0698. The Hall–Kier alpha value is -1.36. The first-order valence-electron chi connectivity index (χ1n) is 5.23. The molecular weight excluding hydrogens is 305 g/mol. The normalized spacial score (nSPS) is 10.4. The Morgan fingerprint density at radius 1 is 1.16 bits per heavy atom. The predicted octanol–water partition coefficient (Wildman–Crippen LogP) is 4.43. The Kier molecular flexibility index (Phi) is 4.24. The van der Waals surface area contributed by atoms with Crippen LogP contribution in [0.2, 0.25) is 10.0 Å². The highest BCUT2D eigenvalue weighted by molar-refractivity contribution is 7.99. The molecule has 0 aliphatic heterocycles. The Morgan fingerprint density at radius 3 is 2.53 bits per heavy atom. The highest BCUT2D eigenvalue weighted by Crippen LogP contribution is 2.36. The number of carbonyl (C=O) groups is 1.